The number of aromatic nitrogens is 4. The Morgan fingerprint density at radius 1 is 1.25 bits per heavy atom. The lowest BCUT2D eigenvalue weighted by Gasteiger charge is -2.10. The largest absolute Gasteiger partial charge is 0.480 e. The monoisotopic (exact) mass is 325 g/mol. The predicted molar refractivity (Wildman–Crippen MR) is 86.6 cm³/mol. The molecule has 0 unspecified atom stereocenters. The summed E-state index contributed by atoms with van der Waals surface area (Å²) in [6.45, 7) is 4.40. The fraction of sp³-hybridized carbons (Fsp3) is 0.471. The fourth-order valence-corrected chi connectivity index (χ4v) is 3.00. The van der Waals surface area contributed by atoms with Crippen LogP contribution in [0.3, 0.4) is 0 Å². The van der Waals surface area contributed by atoms with Crippen LogP contribution in [-0.4, -0.2) is 34.4 Å². The molecule has 1 saturated carbocycles. The summed E-state index contributed by atoms with van der Waals surface area (Å²) in [7, 11) is 3.02. The van der Waals surface area contributed by atoms with Gasteiger partial charge in [-0.1, -0.05) is 13.8 Å². The van der Waals surface area contributed by atoms with Gasteiger partial charge in [0.05, 0.1) is 19.8 Å². The summed E-state index contributed by atoms with van der Waals surface area (Å²) in [6.07, 6.45) is 2.67. The molecule has 0 N–H and O–H groups in total. The van der Waals surface area contributed by atoms with Crippen molar-refractivity contribution in [2.75, 3.05) is 14.2 Å². The maximum Gasteiger partial charge on any atom is 0.319 e. The summed E-state index contributed by atoms with van der Waals surface area (Å²) in [4.78, 5) is 8.29. The van der Waals surface area contributed by atoms with E-state index in [9.17, 15) is 5.26 Å². The average Bonchev–Trinajstić information content (AvgIpc) is 3.41. The third-order valence-electron chi connectivity index (χ3n) is 4.41. The van der Waals surface area contributed by atoms with Crippen LogP contribution < -0.4 is 9.47 Å². The van der Waals surface area contributed by atoms with Crippen molar-refractivity contribution in [1.29, 1.82) is 5.26 Å². The number of hydrogen-bond donors (Lipinski definition) is 0. The van der Waals surface area contributed by atoms with Crippen molar-refractivity contribution in [2.45, 2.75) is 26.2 Å². The van der Waals surface area contributed by atoms with Gasteiger partial charge in [0, 0.05) is 6.20 Å². The lowest BCUT2D eigenvalue weighted by Crippen LogP contribution is -2.03. The molecule has 7 nitrogen and oxygen atoms in total. The summed E-state index contributed by atoms with van der Waals surface area (Å²) in [5, 5.41) is 17.6. The zero-order valence-electron chi connectivity index (χ0n) is 14.1. The quantitative estimate of drug-likeness (QED) is 0.834. The molecule has 0 amide bonds. The first-order valence-electron chi connectivity index (χ1n) is 7.82. The minimum Gasteiger partial charge on any atom is -0.480 e. The van der Waals surface area contributed by atoms with Crippen LogP contribution in [0.1, 0.15) is 37.4 Å². The van der Waals surface area contributed by atoms with E-state index in [-0.39, 0.29) is 6.01 Å². The summed E-state index contributed by atoms with van der Waals surface area (Å²) >= 11 is 0. The van der Waals surface area contributed by atoms with Crippen molar-refractivity contribution in [3.63, 3.8) is 0 Å². The maximum atomic E-state index is 9.33. The van der Waals surface area contributed by atoms with Gasteiger partial charge in [-0.05, 0) is 35.8 Å². The Hall–Kier alpha value is -2.75. The standard InChI is InChI=1S/C17H19N5O2/c1-9(2)10-5-11(10)12-6-14(21-22-15(12)7-18)13-8-19-17(24-4)20-16(13)23-3/h6,8-11H,5H2,1-4H3/t10-,11+/m1/s1. The zero-order chi connectivity index (χ0) is 17.3. The average molecular weight is 325 g/mol. The highest BCUT2D eigenvalue weighted by Gasteiger charge is 2.42. The topological polar surface area (TPSA) is 93.8 Å². The second-order valence-electron chi connectivity index (χ2n) is 6.18. The summed E-state index contributed by atoms with van der Waals surface area (Å²) < 4.78 is 10.3. The number of nitriles is 1. The van der Waals surface area contributed by atoms with Crippen LogP contribution in [0, 0.1) is 23.2 Å². The highest BCUT2D eigenvalue weighted by atomic mass is 16.5. The molecule has 24 heavy (non-hydrogen) atoms. The first kappa shape index (κ1) is 16.1. The predicted octanol–water partition coefficient (Wildman–Crippen LogP) is 2.58. The van der Waals surface area contributed by atoms with Gasteiger partial charge in [0.2, 0.25) is 5.88 Å². The van der Waals surface area contributed by atoms with Gasteiger partial charge in [-0.25, -0.2) is 4.98 Å². The van der Waals surface area contributed by atoms with E-state index in [1.165, 1.54) is 14.2 Å². The Labute approximate surface area is 140 Å². The van der Waals surface area contributed by atoms with Crippen LogP contribution >= 0.6 is 0 Å². The van der Waals surface area contributed by atoms with Crippen molar-refractivity contribution in [2.24, 2.45) is 11.8 Å². The van der Waals surface area contributed by atoms with Crippen molar-refractivity contribution in [3.05, 3.63) is 23.5 Å². The Bertz CT molecular complexity index is 800. The van der Waals surface area contributed by atoms with Crippen LogP contribution in [0.4, 0.5) is 0 Å². The van der Waals surface area contributed by atoms with Gasteiger partial charge in [-0.15, -0.1) is 10.2 Å². The molecule has 0 aliphatic heterocycles. The second kappa shape index (κ2) is 6.40. The minimum absolute atomic E-state index is 0.222. The lowest BCUT2D eigenvalue weighted by molar-refractivity contribution is 0.353. The Morgan fingerprint density at radius 2 is 2.04 bits per heavy atom. The van der Waals surface area contributed by atoms with E-state index >= 15 is 0 Å². The maximum absolute atomic E-state index is 9.33. The number of nitrogens with zero attached hydrogens (tertiary/aromatic N) is 5. The van der Waals surface area contributed by atoms with E-state index < -0.39 is 0 Å². The number of rotatable bonds is 5. The molecule has 2 atom stereocenters. The molecule has 1 aliphatic rings. The molecule has 7 heteroatoms. The van der Waals surface area contributed by atoms with Crippen LogP contribution in [0.25, 0.3) is 11.3 Å². The van der Waals surface area contributed by atoms with Gasteiger partial charge < -0.3 is 9.47 Å². The van der Waals surface area contributed by atoms with Crippen molar-refractivity contribution in [3.8, 4) is 29.2 Å². The minimum atomic E-state index is 0.222. The lowest BCUT2D eigenvalue weighted by atomic mass is 10.0. The van der Waals surface area contributed by atoms with Crippen molar-refractivity contribution >= 4 is 0 Å². The van der Waals surface area contributed by atoms with Crippen molar-refractivity contribution < 1.29 is 9.47 Å². The van der Waals surface area contributed by atoms with Gasteiger partial charge in [0.15, 0.2) is 5.69 Å². The fourth-order valence-electron chi connectivity index (χ4n) is 3.00. The highest BCUT2D eigenvalue weighted by molar-refractivity contribution is 5.65. The van der Waals surface area contributed by atoms with E-state index in [0.29, 0.717) is 40.6 Å². The molecule has 0 bridgehead atoms. The molecule has 0 radical (unpaired) electrons. The molecular weight excluding hydrogens is 306 g/mol. The molecule has 124 valence electrons. The zero-order valence-corrected chi connectivity index (χ0v) is 14.1. The third-order valence-corrected chi connectivity index (χ3v) is 4.41. The van der Waals surface area contributed by atoms with Gasteiger partial charge >= 0.3 is 6.01 Å². The molecule has 0 aromatic carbocycles. The molecular formula is C17H19N5O2. The van der Waals surface area contributed by atoms with E-state index in [0.717, 1.165) is 12.0 Å². The Balaban J connectivity index is 2.03. The normalized spacial score (nSPS) is 19.0. The van der Waals surface area contributed by atoms with Gasteiger partial charge in [-0.3, -0.25) is 0 Å². The second-order valence-corrected chi connectivity index (χ2v) is 6.18. The summed E-state index contributed by atoms with van der Waals surface area (Å²) in [6, 6.07) is 4.28. The van der Waals surface area contributed by atoms with E-state index in [4.69, 9.17) is 9.47 Å². The molecule has 1 fully saturated rings. The molecule has 0 spiro atoms. The first-order valence-corrected chi connectivity index (χ1v) is 7.82. The summed E-state index contributed by atoms with van der Waals surface area (Å²) in [5.41, 5.74) is 2.55. The van der Waals surface area contributed by atoms with E-state index in [2.05, 4.69) is 40.1 Å². The molecule has 2 heterocycles. The van der Waals surface area contributed by atoms with Gasteiger partial charge in [0.1, 0.15) is 11.8 Å². The molecule has 2 aromatic rings. The number of ether oxygens (including phenoxy) is 2. The van der Waals surface area contributed by atoms with E-state index in [1.54, 1.807) is 6.20 Å². The van der Waals surface area contributed by atoms with Gasteiger partial charge in [-0.2, -0.15) is 10.2 Å². The molecule has 0 saturated heterocycles. The Morgan fingerprint density at radius 3 is 2.62 bits per heavy atom. The first-order chi connectivity index (χ1) is 11.6. The molecule has 3 rings (SSSR count). The third kappa shape index (κ3) is 2.87. The molecule has 1 aliphatic carbocycles. The van der Waals surface area contributed by atoms with Gasteiger partial charge in [0.25, 0.3) is 0 Å². The SMILES string of the molecule is COc1ncc(-c2cc([C@H]3C[C@@H]3C(C)C)c(C#N)nn2)c(OC)n1. The number of hydrogen-bond acceptors (Lipinski definition) is 7. The summed E-state index contributed by atoms with van der Waals surface area (Å²) in [5.74, 6) is 1.89. The van der Waals surface area contributed by atoms with Crippen molar-refractivity contribution in [1.82, 2.24) is 20.2 Å². The van der Waals surface area contributed by atoms with Crippen LogP contribution in [0.5, 0.6) is 11.9 Å². The Kier molecular flexibility index (Phi) is 4.30. The highest BCUT2D eigenvalue weighted by Crippen LogP contribution is 2.52. The van der Waals surface area contributed by atoms with Crippen LogP contribution in [0.2, 0.25) is 0 Å². The van der Waals surface area contributed by atoms with Crippen LogP contribution in [-0.2, 0) is 0 Å². The smallest absolute Gasteiger partial charge is 0.319 e. The van der Waals surface area contributed by atoms with Crippen LogP contribution in [0.15, 0.2) is 12.3 Å². The van der Waals surface area contributed by atoms with E-state index in [1.807, 2.05) is 6.07 Å². The number of methoxy groups -OCH3 is 2. The molecule has 2 aromatic heterocycles.